The molecule has 0 saturated carbocycles. The molecule has 0 N–H and O–H groups in total. The molecule has 92 valence electrons. The Morgan fingerprint density at radius 2 is 1.44 bits per heavy atom. The van der Waals surface area contributed by atoms with E-state index in [2.05, 4.69) is 0 Å². The van der Waals surface area contributed by atoms with E-state index in [1.165, 1.54) is 0 Å². The van der Waals surface area contributed by atoms with Crippen molar-refractivity contribution in [2.75, 3.05) is 13.2 Å². The van der Waals surface area contributed by atoms with Crippen LogP contribution in [0, 0.1) is 5.92 Å². The first-order valence-corrected chi connectivity index (χ1v) is 5.57. The lowest BCUT2D eigenvalue weighted by Gasteiger charge is -2.11. The van der Waals surface area contributed by atoms with E-state index in [1.54, 1.807) is 27.7 Å². The summed E-state index contributed by atoms with van der Waals surface area (Å²) in [5.74, 6) is -1.61. The Hall–Kier alpha value is -1.03. The van der Waals surface area contributed by atoms with Crippen molar-refractivity contribution in [2.24, 2.45) is 5.92 Å². The van der Waals surface area contributed by atoms with Gasteiger partial charge in [0.15, 0.2) is 5.57 Å². The van der Waals surface area contributed by atoms with Gasteiger partial charge in [0.1, 0.15) is 0 Å². The molecule has 0 bridgehead atoms. The number of allylic oxidation sites excluding steroid dienone is 1. The third kappa shape index (κ3) is 4.23. The maximum absolute atomic E-state index is 11.5. The van der Waals surface area contributed by atoms with Crippen LogP contribution in [0.4, 0.5) is 0 Å². The van der Waals surface area contributed by atoms with Gasteiger partial charge < -0.3 is 9.47 Å². The molecule has 0 rings (SSSR count). The second kappa shape index (κ2) is 7.28. The molecule has 0 amide bonds. The summed E-state index contributed by atoms with van der Waals surface area (Å²) in [7, 11) is 0. The highest BCUT2D eigenvalue weighted by Crippen LogP contribution is 2.21. The molecule has 4 nitrogen and oxygen atoms in total. The van der Waals surface area contributed by atoms with Crippen molar-refractivity contribution in [2.45, 2.75) is 27.7 Å². The molecule has 0 unspecified atom stereocenters. The molecule has 0 aliphatic rings. The van der Waals surface area contributed by atoms with Crippen molar-refractivity contribution in [3.05, 3.63) is 10.6 Å². The summed E-state index contributed by atoms with van der Waals surface area (Å²) in [4.78, 5) is 23.1. The quantitative estimate of drug-likeness (QED) is 0.324. The minimum atomic E-state index is -0.736. The second-order valence-corrected chi connectivity index (χ2v) is 3.73. The number of hydrogen-bond donors (Lipinski definition) is 0. The van der Waals surface area contributed by atoms with E-state index in [-0.39, 0.29) is 29.7 Å². The molecule has 0 aromatic carbocycles. The third-order valence-corrected chi connectivity index (χ3v) is 2.33. The van der Waals surface area contributed by atoms with Crippen LogP contribution in [0.25, 0.3) is 0 Å². The van der Waals surface area contributed by atoms with Crippen LogP contribution in [0.3, 0.4) is 0 Å². The lowest BCUT2D eigenvalue weighted by atomic mass is 10.1. The van der Waals surface area contributed by atoms with E-state index < -0.39 is 11.9 Å². The first-order valence-electron chi connectivity index (χ1n) is 5.19. The summed E-state index contributed by atoms with van der Waals surface area (Å²) < 4.78 is 9.52. The topological polar surface area (TPSA) is 52.6 Å². The smallest absolute Gasteiger partial charge is 0.346 e. The molecule has 0 atom stereocenters. The predicted octanol–water partition coefficient (Wildman–Crippen LogP) is 2.26. The molecule has 0 aliphatic heterocycles. The lowest BCUT2D eigenvalue weighted by molar-refractivity contribution is -0.146. The molecule has 0 aromatic rings. The van der Waals surface area contributed by atoms with Gasteiger partial charge >= 0.3 is 11.9 Å². The Morgan fingerprint density at radius 3 is 1.69 bits per heavy atom. The van der Waals surface area contributed by atoms with Crippen molar-refractivity contribution >= 4 is 23.5 Å². The molecule has 0 spiro atoms. The Bertz CT molecular complexity index is 274. The SMILES string of the molecule is CCOC(=O)C(C(=O)OCC)=C(Cl)C(C)C. The van der Waals surface area contributed by atoms with Crippen molar-refractivity contribution in [3.63, 3.8) is 0 Å². The number of halogens is 1. The second-order valence-electron chi connectivity index (χ2n) is 3.32. The molecular weight excluding hydrogens is 232 g/mol. The Balaban J connectivity index is 5.13. The largest absolute Gasteiger partial charge is 0.462 e. The fourth-order valence-electron chi connectivity index (χ4n) is 0.974. The highest BCUT2D eigenvalue weighted by atomic mass is 35.5. The van der Waals surface area contributed by atoms with Gasteiger partial charge in [0.25, 0.3) is 0 Å². The summed E-state index contributed by atoms with van der Waals surface area (Å²) in [5.41, 5.74) is -0.208. The minimum Gasteiger partial charge on any atom is -0.462 e. The van der Waals surface area contributed by atoms with Crippen molar-refractivity contribution in [3.8, 4) is 0 Å². The van der Waals surface area contributed by atoms with Gasteiger partial charge in [-0.3, -0.25) is 0 Å². The zero-order chi connectivity index (χ0) is 12.7. The summed E-state index contributed by atoms with van der Waals surface area (Å²) in [6.07, 6.45) is 0. The summed E-state index contributed by atoms with van der Waals surface area (Å²) in [5, 5.41) is 0.164. The lowest BCUT2D eigenvalue weighted by Crippen LogP contribution is -2.20. The number of carbonyl (C=O) groups excluding carboxylic acids is 2. The van der Waals surface area contributed by atoms with Gasteiger partial charge in [-0.25, -0.2) is 9.59 Å². The van der Waals surface area contributed by atoms with Crippen LogP contribution >= 0.6 is 11.6 Å². The zero-order valence-corrected chi connectivity index (χ0v) is 10.8. The molecule has 0 aromatic heterocycles. The number of hydrogen-bond acceptors (Lipinski definition) is 4. The Kier molecular flexibility index (Phi) is 6.81. The maximum atomic E-state index is 11.5. The molecule has 5 heteroatoms. The van der Waals surface area contributed by atoms with Crippen LogP contribution in [0.15, 0.2) is 10.6 Å². The predicted molar refractivity (Wildman–Crippen MR) is 61.0 cm³/mol. The Morgan fingerprint density at radius 1 is 1.06 bits per heavy atom. The number of ether oxygens (including phenoxy) is 2. The summed E-state index contributed by atoms with van der Waals surface area (Å²) in [6, 6.07) is 0. The number of carbonyl (C=O) groups is 2. The van der Waals surface area contributed by atoms with Gasteiger partial charge in [-0.1, -0.05) is 25.4 Å². The summed E-state index contributed by atoms with van der Waals surface area (Å²) in [6.45, 7) is 7.24. The average Bonchev–Trinajstić information content (AvgIpc) is 2.18. The van der Waals surface area contributed by atoms with Gasteiger partial charge in [0, 0.05) is 5.03 Å². The van der Waals surface area contributed by atoms with Crippen LogP contribution < -0.4 is 0 Å². The third-order valence-electron chi connectivity index (χ3n) is 1.70. The van der Waals surface area contributed by atoms with Gasteiger partial charge in [-0.15, -0.1) is 0 Å². The fraction of sp³-hybridized carbons (Fsp3) is 0.636. The van der Waals surface area contributed by atoms with E-state index in [1.807, 2.05) is 0 Å². The van der Waals surface area contributed by atoms with Crippen LogP contribution in [-0.2, 0) is 19.1 Å². The summed E-state index contributed by atoms with van der Waals surface area (Å²) >= 11 is 5.92. The van der Waals surface area contributed by atoms with Gasteiger partial charge in [-0.2, -0.15) is 0 Å². The molecule has 0 fully saturated rings. The number of rotatable bonds is 5. The monoisotopic (exact) mass is 248 g/mol. The molecule has 0 heterocycles. The van der Waals surface area contributed by atoms with E-state index in [9.17, 15) is 9.59 Å². The first kappa shape index (κ1) is 15.0. The van der Waals surface area contributed by atoms with Crippen LogP contribution in [0.2, 0.25) is 0 Å². The highest BCUT2D eigenvalue weighted by Gasteiger charge is 2.26. The van der Waals surface area contributed by atoms with Gasteiger partial charge in [0.05, 0.1) is 13.2 Å². The molecular formula is C11H17ClO4. The average molecular weight is 249 g/mol. The maximum Gasteiger partial charge on any atom is 0.346 e. The molecule has 16 heavy (non-hydrogen) atoms. The Labute approximate surface area is 101 Å². The standard InChI is InChI=1S/C11H17ClO4/c1-5-15-10(13)8(9(12)7(3)4)11(14)16-6-2/h7H,5-6H2,1-4H3. The van der Waals surface area contributed by atoms with Crippen molar-refractivity contribution < 1.29 is 19.1 Å². The van der Waals surface area contributed by atoms with Crippen molar-refractivity contribution in [1.29, 1.82) is 0 Å². The van der Waals surface area contributed by atoms with Gasteiger partial charge in [0.2, 0.25) is 0 Å². The van der Waals surface area contributed by atoms with Crippen LogP contribution in [0.1, 0.15) is 27.7 Å². The zero-order valence-electron chi connectivity index (χ0n) is 10.0. The molecule has 0 saturated heterocycles. The van der Waals surface area contributed by atoms with E-state index in [0.29, 0.717) is 0 Å². The molecule has 0 radical (unpaired) electrons. The first-order chi connectivity index (χ1) is 7.45. The number of esters is 2. The van der Waals surface area contributed by atoms with Crippen LogP contribution in [-0.4, -0.2) is 25.2 Å². The fourth-order valence-corrected chi connectivity index (χ4v) is 1.13. The highest BCUT2D eigenvalue weighted by molar-refractivity contribution is 6.35. The van der Waals surface area contributed by atoms with E-state index in [4.69, 9.17) is 21.1 Å². The van der Waals surface area contributed by atoms with Gasteiger partial charge in [-0.05, 0) is 19.8 Å². The van der Waals surface area contributed by atoms with Crippen molar-refractivity contribution in [1.82, 2.24) is 0 Å². The normalized spacial score (nSPS) is 9.88. The minimum absolute atomic E-state index is 0.134. The van der Waals surface area contributed by atoms with E-state index >= 15 is 0 Å². The van der Waals surface area contributed by atoms with Crippen LogP contribution in [0.5, 0.6) is 0 Å². The molecule has 0 aliphatic carbocycles. The van der Waals surface area contributed by atoms with E-state index in [0.717, 1.165) is 0 Å².